The zero-order valence-electron chi connectivity index (χ0n) is 14.6. The molecule has 27 heavy (non-hydrogen) atoms. The number of ether oxygens (including phenoxy) is 3. The molecule has 0 unspecified atom stereocenters. The highest BCUT2D eigenvalue weighted by Gasteiger charge is 2.18. The van der Waals surface area contributed by atoms with Gasteiger partial charge in [-0.05, 0) is 35.9 Å². The smallest absolute Gasteiger partial charge is 0.342 e. The monoisotopic (exact) mass is 391 g/mol. The van der Waals surface area contributed by atoms with Gasteiger partial charge in [-0.1, -0.05) is 17.7 Å². The number of benzene rings is 2. The van der Waals surface area contributed by atoms with E-state index in [1.54, 1.807) is 13.1 Å². The minimum Gasteiger partial charge on any atom is -0.507 e. The van der Waals surface area contributed by atoms with Gasteiger partial charge in [0.25, 0.3) is 5.91 Å². The number of likely N-dealkylation sites (N-methyl/N-ethyl adjacent to an activating group) is 1. The molecule has 2 aromatic carbocycles. The second-order valence-corrected chi connectivity index (χ2v) is 6.40. The third-order valence-corrected chi connectivity index (χ3v) is 4.19. The summed E-state index contributed by atoms with van der Waals surface area (Å²) in [6, 6.07) is 9.46. The van der Waals surface area contributed by atoms with Crippen LogP contribution in [0.3, 0.4) is 0 Å². The number of carbonyl (C=O) groups is 2. The molecule has 0 aliphatic carbocycles. The van der Waals surface area contributed by atoms with Gasteiger partial charge < -0.3 is 24.2 Å². The van der Waals surface area contributed by atoms with Crippen molar-refractivity contribution in [3.63, 3.8) is 0 Å². The summed E-state index contributed by atoms with van der Waals surface area (Å²) >= 11 is 5.80. The Morgan fingerprint density at radius 2 is 1.89 bits per heavy atom. The third kappa shape index (κ3) is 4.62. The number of hydrogen-bond donors (Lipinski definition) is 1. The lowest BCUT2D eigenvalue weighted by Gasteiger charge is -2.21. The van der Waals surface area contributed by atoms with Crippen molar-refractivity contribution in [1.29, 1.82) is 0 Å². The van der Waals surface area contributed by atoms with Crippen molar-refractivity contribution in [2.75, 3.05) is 26.9 Å². The first kappa shape index (κ1) is 18.8. The Hall–Kier alpha value is -2.93. The zero-order chi connectivity index (χ0) is 19.4. The number of rotatable bonds is 5. The first-order chi connectivity index (χ1) is 12.9. The van der Waals surface area contributed by atoms with Crippen molar-refractivity contribution in [3.05, 3.63) is 52.5 Å². The maximum absolute atomic E-state index is 12.2. The highest BCUT2D eigenvalue weighted by atomic mass is 35.5. The normalized spacial score (nSPS) is 12.4. The van der Waals surface area contributed by atoms with Crippen LogP contribution in [-0.2, 0) is 16.1 Å². The van der Waals surface area contributed by atoms with Crippen molar-refractivity contribution in [2.24, 2.45) is 0 Å². The average Bonchev–Trinajstić information content (AvgIpc) is 2.67. The predicted molar refractivity (Wildman–Crippen MR) is 97.3 cm³/mol. The molecule has 0 bridgehead atoms. The third-order valence-electron chi connectivity index (χ3n) is 3.96. The number of carbonyl (C=O) groups excluding carboxylic acids is 2. The van der Waals surface area contributed by atoms with Crippen LogP contribution in [-0.4, -0.2) is 48.8 Å². The maximum atomic E-state index is 12.2. The van der Waals surface area contributed by atoms with Crippen LogP contribution in [0.5, 0.6) is 17.2 Å². The molecule has 0 spiro atoms. The van der Waals surface area contributed by atoms with Gasteiger partial charge >= 0.3 is 5.97 Å². The molecule has 1 aliphatic heterocycles. The Kier molecular flexibility index (Phi) is 5.71. The number of phenols is 1. The molecule has 3 rings (SSSR count). The fourth-order valence-electron chi connectivity index (χ4n) is 2.54. The molecule has 0 saturated carbocycles. The topological polar surface area (TPSA) is 85.3 Å². The van der Waals surface area contributed by atoms with Crippen LogP contribution in [0.15, 0.2) is 36.4 Å². The van der Waals surface area contributed by atoms with Gasteiger partial charge in [-0.25, -0.2) is 4.79 Å². The van der Waals surface area contributed by atoms with Crippen LogP contribution in [0, 0.1) is 0 Å². The van der Waals surface area contributed by atoms with Gasteiger partial charge in [0.05, 0.1) is 0 Å². The molecule has 2 aromatic rings. The lowest BCUT2D eigenvalue weighted by atomic mass is 10.2. The van der Waals surface area contributed by atoms with Crippen LogP contribution in [0.4, 0.5) is 0 Å². The fourth-order valence-corrected chi connectivity index (χ4v) is 2.71. The highest BCUT2D eigenvalue weighted by Crippen LogP contribution is 2.31. The van der Waals surface area contributed by atoms with E-state index in [4.69, 9.17) is 25.8 Å². The fraction of sp³-hybridized carbons (Fsp3) is 0.263. The van der Waals surface area contributed by atoms with Gasteiger partial charge in [0.2, 0.25) is 0 Å². The number of fused-ring (bicyclic) bond motifs is 1. The van der Waals surface area contributed by atoms with Gasteiger partial charge in [-0.2, -0.15) is 0 Å². The standard InChI is InChI=1S/C19H18ClNO6/c1-21(10-12-2-5-16-17(8-12)26-7-6-25-16)18(23)11-27-19(24)14-9-13(20)3-4-15(14)22/h2-5,8-9,22H,6-7,10-11H2,1H3. The second-order valence-electron chi connectivity index (χ2n) is 5.97. The van der Waals surface area contributed by atoms with E-state index in [0.29, 0.717) is 31.3 Å². The molecule has 0 atom stereocenters. The van der Waals surface area contributed by atoms with Crippen LogP contribution < -0.4 is 9.47 Å². The summed E-state index contributed by atoms with van der Waals surface area (Å²) in [7, 11) is 1.60. The largest absolute Gasteiger partial charge is 0.507 e. The molecule has 7 nitrogen and oxygen atoms in total. The SMILES string of the molecule is CN(Cc1ccc2c(c1)OCCO2)C(=O)COC(=O)c1cc(Cl)ccc1O. The summed E-state index contributed by atoms with van der Waals surface area (Å²) < 4.78 is 16.0. The van der Waals surface area contributed by atoms with Crippen LogP contribution in [0.1, 0.15) is 15.9 Å². The average molecular weight is 392 g/mol. The van der Waals surface area contributed by atoms with Gasteiger partial charge in [0, 0.05) is 18.6 Å². The van der Waals surface area contributed by atoms with Crippen molar-refractivity contribution in [3.8, 4) is 17.2 Å². The maximum Gasteiger partial charge on any atom is 0.342 e. The lowest BCUT2D eigenvalue weighted by Crippen LogP contribution is -2.31. The summed E-state index contributed by atoms with van der Waals surface area (Å²) in [5.41, 5.74) is 0.763. The minimum absolute atomic E-state index is 0.0928. The van der Waals surface area contributed by atoms with Crippen LogP contribution in [0.25, 0.3) is 0 Å². The summed E-state index contributed by atoms with van der Waals surface area (Å²) in [5.74, 6) is -0.158. The molecule has 0 saturated heterocycles. The lowest BCUT2D eigenvalue weighted by molar-refractivity contribution is -0.133. The van der Waals surface area contributed by atoms with Gasteiger partial charge in [0.15, 0.2) is 18.1 Å². The van der Waals surface area contributed by atoms with E-state index in [1.807, 2.05) is 12.1 Å². The quantitative estimate of drug-likeness (QED) is 0.789. The van der Waals surface area contributed by atoms with E-state index >= 15 is 0 Å². The van der Waals surface area contributed by atoms with Crippen LogP contribution >= 0.6 is 11.6 Å². The van der Waals surface area contributed by atoms with E-state index in [2.05, 4.69) is 0 Å². The van der Waals surface area contributed by atoms with E-state index in [0.717, 1.165) is 5.56 Å². The molecule has 1 N–H and O–H groups in total. The summed E-state index contributed by atoms with van der Waals surface area (Å²) in [6.45, 7) is 0.858. The Balaban J connectivity index is 1.56. The van der Waals surface area contributed by atoms with Crippen molar-refractivity contribution in [2.45, 2.75) is 6.54 Å². The number of halogens is 1. The van der Waals surface area contributed by atoms with Gasteiger partial charge in [-0.15, -0.1) is 0 Å². The van der Waals surface area contributed by atoms with Gasteiger partial charge in [-0.3, -0.25) is 4.79 Å². The van der Waals surface area contributed by atoms with E-state index < -0.39 is 12.6 Å². The molecule has 0 fully saturated rings. The van der Waals surface area contributed by atoms with E-state index in [9.17, 15) is 14.7 Å². The Morgan fingerprint density at radius 1 is 1.15 bits per heavy atom. The molecular formula is C19H18ClNO6. The van der Waals surface area contributed by atoms with Crippen molar-refractivity contribution < 1.29 is 28.9 Å². The molecule has 8 heteroatoms. The number of esters is 1. The highest BCUT2D eigenvalue weighted by molar-refractivity contribution is 6.31. The van der Waals surface area contributed by atoms with Crippen LogP contribution in [0.2, 0.25) is 5.02 Å². The Bertz CT molecular complexity index is 869. The molecular weight excluding hydrogens is 374 g/mol. The molecule has 0 radical (unpaired) electrons. The number of aromatic hydroxyl groups is 1. The minimum atomic E-state index is -0.823. The number of hydrogen-bond acceptors (Lipinski definition) is 6. The Morgan fingerprint density at radius 3 is 2.67 bits per heavy atom. The van der Waals surface area contributed by atoms with Crippen molar-refractivity contribution >= 4 is 23.5 Å². The number of amides is 1. The molecule has 1 amide bonds. The van der Waals surface area contributed by atoms with Crippen molar-refractivity contribution in [1.82, 2.24) is 4.90 Å². The zero-order valence-corrected chi connectivity index (χ0v) is 15.4. The van der Waals surface area contributed by atoms with E-state index in [1.165, 1.54) is 23.1 Å². The number of phenolic OH excluding ortho intramolecular Hbond substituents is 1. The summed E-state index contributed by atoms with van der Waals surface area (Å²) in [6.07, 6.45) is 0. The molecule has 1 heterocycles. The first-order valence-electron chi connectivity index (χ1n) is 8.22. The molecule has 0 aromatic heterocycles. The predicted octanol–water partition coefficient (Wildman–Crippen LogP) is 2.63. The summed E-state index contributed by atoms with van der Waals surface area (Å²) in [5, 5.41) is 9.97. The summed E-state index contributed by atoms with van der Waals surface area (Å²) in [4.78, 5) is 25.7. The Labute approximate surface area is 161 Å². The first-order valence-corrected chi connectivity index (χ1v) is 8.60. The second kappa shape index (κ2) is 8.18. The molecule has 1 aliphatic rings. The molecule has 142 valence electrons. The van der Waals surface area contributed by atoms with Gasteiger partial charge in [0.1, 0.15) is 24.5 Å². The number of nitrogens with zero attached hydrogens (tertiary/aromatic N) is 1. The van der Waals surface area contributed by atoms with E-state index in [-0.39, 0.29) is 22.2 Å².